The van der Waals surface area contributed by atoms with E-state index in [4.69, 9.17) is 5.11 Å². The Labute approximate surface area is 83.0 Å². The molecule has 1 aromatic rings. The van der Waals surface area contributed by atoms with Crippen LogP contribution in [0.4, 0.5) is 0 Å². The van der Waals surface area contributed by atoms with Crippen LogP contribution in [-0.4, -0.2) is 28.6 Å². The molecule has 14 heavy (non-hydrogen) atoms. The molecular weight excluding hydrogens is 180 g/mol. The summed E-state index contributed by atoms with van der Waals surface area (Å²) >= 11 is 0. The maximum atomic E-state index is 11.5. The van der Waals surface area contributed by atoms with Crippen molar-refractivity contribution in [3.63, 3.8) is 0 Å². The summed E-state index contributed by atoms with van der Waals surface area (Å²) in [6, 6.07) is 3.13. The zero-order chi connectivity index (χ0) is 10.6. The van der Waals surface area contributed by atoms with Gasteiger partial charge in [0.25, 0.3) is 5.91 Å². The predicted octanol–water partition coefficient (Wildman–Crippen LogP) is 0.501. The van der Waals surface area contributed by atoms with Gasteiger partial charge in [-0.1, -0.05) is 0 Å². The van der Waals surface area contributed by atoms with E-state index >= 15 is 0 Å². The van der Waals surface area contributed by atoms with Gasteiger partial charge in [0.2, 0.25) is 0 Å². The highest BCUT2D eigenvalue weighted by Gasteiger charge is 2.08. The van der Waals surface area contributed by atoms with Crippen molar-refractivity contribution >= 4 is 5.91 Å². The third-order valence-electron chi connectivity index (χ3n) is 1.81. The molecule has 0 radical (unpaired) electrons. The summed E-state index contributed by atoms with van der Waals surface area (Å²) in [5.41, 5.74) is 1.37. The molecule has 1 rings (SSSR count). The molecule has 1 atom stereocenters. The Morgan fingerprint density at radius 2 is 2.43 bits per heavy atom. The summed E-state index contributed by atoms with van der Waals surface area (Å²) in [6.07, 6.45) is 1.59. The molecule has 0 saturated carbocycles. The number of rotatable bonds is 3. The van der Waals surface area contributed by atoms with Gasteiger partial charge in [0.1, 0.15) is 0 Å². The van der Waals surface area contributed by atoms with Gasteiger partial charge < -0.3 is 10.4 Å². The minimum Gasteiger partial charge on any atom is -0.394 e. The lowest BCUT2D eigenvalue weighted by molar-refractivity contribution is 0.0922. The summed E-state index contributed by atoms with van der Waals surface area (Å²) in [7, 11) is 0. The first-order valence-electron chi connectivity index (χ1n) is 4.48. The molecule has 0 bridgehead atoms. The number of aryl methyl sites for hydroxylation is 1. The van der Waals surface area contributed by atoms with Crippen LogP contribution >= 0.6 is 0 Å². The van der Waals surface area contributed by atoms with Crippen LogP contribution in [-0.2, 0) is 0 Å². The van der Waals surface area contributed by atoms with Crippen LogP contribution in [0.1, 0.15) is 23.0 Å². The molecule has 76 valence electrons. The molecule has 0 saturated heterocycles. The maximum Gasteiger partial charge on any atom is 0.251 e. The number of aliphatic hydroxyl groups excluding tert-OH is 1. The van der Waals surface area contributed by atoms with E-state index in [0.29, 0.717) is 5.56 Å². The molecular formula is C10H14N2O2. The predicted molar refractivity (Wildman–Crippen MR) is 53.0 cm³/mol. The molecule has 0 fully saturated rings. The minimum absolute atomic E-state index is 0.0597. The Bertz CT molecular complexity index is 326. The summed E-state index contributed by atoms with van der Waals surface area (Å²) < 4.78 is 0. The van der Waals surface area contributed by atoms with E-state index in [-0.39, 0.29) is 18.6 Å². The highest BCUT2D eigenvalue weighted by Crippen LogP contribution is 2.00. The number of hydrogen-bond acceptors (Lipinski definition) is 3. The van der Waals surface area contributed by atoms with Crippen molar-refractivity contribution < 1.29 is 9.90 Å². The number of carbonyl (C=O) groups excluding carboxylic acids is 1. The molecule has 2 N–H and O–H groups in total. The molecule has 0 aromatic carbocycles. The highest BCUT2D eigenvalue weighted by molar-refractivity contribution is 5.94. The van der Waals surface area contributed by atoms with Crippen LogP contribution in [0.25, 0.3) is 0 Å². The second-order valence-corrected chi connectivity index (χ2v) is 3.24. The molecule has 1 amide bonds. The Balaban J connectivity index is 2.70. The van der Waals surface area contributed by atoms with Gasteiger partial charge in [-0.15, -0.1) is 0 Å². The van der Waals surface area contributed by atoms with Gasteiger partial charge in [-0.25, -0.2) is 0 Å². The smallest absolute Gasteiger partial charge is 0.251 e. The number of pyridine rings is 1. The molecule has 1 heterocycles. The normalized spacial score (nSPS) is 12.2. The number of carbonyl (C=O) groups is 1. The molecule has 0 spiro atoms. The third-order valence-corrected chi connectivity index (χ3v) is 1.81. The number of aromatic nitrogens is 1. The van der Waals surface area contributed by atoms with Crippen molar-refractivity contribution in [1.82, 2.24) is 10.3 Å². The fourth-order valence-electron chi connectivity index (χ4n) is 1.04. The van der Waals surface area contributed by atoms with Crippen LogP contribution in [0.2, 0.25) is 0 Å². The third kappa shape index (κ3) is 2.81. The SMILES string of the molecule is Cc1cc(C(=O)N[C@H](C)CO)ccn1. The van der Waals surface area contributed by atoms with Gasteiger partial charge >= 0.3 is 0 Å². The van der Waals surface area contributed by atoms with E-state index in [1.54, 1.807) is 25.3 Å². The van der Waals surface area contributed by atoms with Crippen LogP contribution in [0.3, 0.4) is 0 Å². The Morgan fingerprint density at radius 1 is 1.71 bits per heavy atom. The number of aliphatic hydroxyl groups is 1. The second-order valence-electron chi connectivity index (χ2n) is 3.24. The Hall–Kier alpha value is -1.42. The van der Waals surface area contributed by atoms with E-state index in [2.05, 4.69) is 10.3 Å². The van der Waals surface area contributed by atoms with Gasteiger partial charge in [0.15, 0.2) is 0 Å². The topological polar surface area (TPSA) is 62.2 Å². The van der Waals surface area contributed by atoms with Crippen molar-refractivity contribution in [2.24, 2.45) is 0 Å². The lowest BCUT2D eigenvalue weighted by Crippen LogP contribution is -2.35. The van der Waals surface area contributed by atoms with Crippen molar-refractivity contribution in [1.29, 1.82) is 0 Å². The van der Waals surface area contributed by atoms with Crippen LogP contribution in [0.5, 0.6) is 0 Å². The van der Waals surface area contributed by atoms with Gasteiger partial charge in [-0.3, -0.25) is 9.78 Å². The largest absolute Gasteiger partial charge is 0.394 e. The molecule has 0 aliphatic rings. The number of amides is 1. The summed E-state index contributed by atoms with van der Waals surface area (Å²) in [5.74, 6) is -0.183. The van der Waals surface area contributed by atoms with Crippen LogP contribution in [0, 0.1) is 6.92 Å². The van der Waals surface area contributed by atoms with Gasteiger partial charge in [0, 0.05) is 23.5 Å². The average molecular weight is 194 g/mol. The molecule has 4 nitrogen and oxygen atoms in total. The van der Waals surface area contributed by atoms with E-state index in [9.17, 15) is 4.79 Å². The fourth-order valence-corrected chi connectivity index (χ4v) is 1.04. The maximum absolute atomic E-state index is 11.5. The first kappa shape index (κ1) is 10.7. The standard InChI is InChI=1S/C10H14N2O2/c1-7-5-9(3-4-11-7)10(14)12-8(2)6-13/h3-5,8,13H,6H2,1-2H3,(H,12,14)/t8-/m1/s1. The van der Waals surface area contributed by atoms with Crippen molar-refractivity contribution in [3.8, 4) is 0 Å². The first-order chi connectivity index (χ1) is 6.63. The lowest BCUT2D eigenvalue weighted by Gasteiger charge is -2.10. The minimum atomic E-state index is -0.226. The zero-order valence-corrected chi connectivity index (χ0v) is 8.32. The van der Waals surface area contributed by atoms with Gasteiger partial charge in [-0.2, -0.15) is 0 Å². The fraction of sp³-hybridized carbons (Fsp3) is 0.400. The molecule has 0 unspecified atom stereocenters. The quantitative estimate of drug-likeness (QED) is 0.736. The highest BCUT2D eigenvalue weighted by atomic mass is 16.3. The van der Waals surface area contributed by atoms with Crippen molar-refractivity contribution in [2.75, 3.05) is 6.61 Å². The second kappa shape index (κ2) is 4.72. The van der Waals surface area contributed by atoms with Gasteiger partial charge in [-0.05, 0) is 26.0 Å². The van der Waals surface area contributed by atoms with Crippen molar-refractivity contribution in [2.45, 2.75) is 19.9 Å². The van der Waals surface area contributed by atoms with Crippen molar-refractivity contribution in [3.05, 3.63) is 29.6 Å². The monoisotopic (exact) mass is 194 g/mol. The summed E-state index contributed by atoms with van der Waals surface area (Å²) in [5, 5.41) is 11.4. The molecule has 4 heteroatoms. The average Bonchev–Trinajstić information content (AvgIpc) is 2.17. The number of hydrogen-bond donors (Lipinski definition) is 2. The van der Waals surface area contributed by atoms with E-state index < -0.39 is 0 Å². The zero-order valence-electron chi connectivity index (χ0n) is 8.32. The van der Waals surface area contributed by atoms with Crippen LogP contribution in [0.15, 0.2) is 18.3 Å². The molecule has 1 aromatic heterocycles. The van der Waals surface area contributed by atoms with E-state index in [1.807, 2.05) is 6.92 Å². The number of nitrogens with one attached hydrogen (secondary N) is 1. The molecule has 0 aliphatic carbocycles. The summed E-state index contributed by atoms with van der Waals surface area (Å²) in [4.78, 5) is 15.5. The van der Waals surface area contributed by atoms with Gasteiger partial charge in [0.05, 0.1) is 6.61 Å². The van der Waals surface area contributed by atoms with E-state index in [0.717, 1.165) is 5.69 Å². The summed E-state index contributed by atoms with van der Waals surface area (Å²) in [6.45, 7) is 3.51. The Morgan fingerprint density at radius 3 is 3.00 bits per heavy atom. The lowest BCUT2D eigenvalue weighted by atomic mass is 10.2. The first-order valence-corrected chi connectivity index (χ1v) is 4.48. The van der Waals surface area contributed by atoms with E-state index in [1.165, 1.54) is 0 Å². The molecule has 0 aliphatic heterocycles. The van der Waals surface area contributed by atoms with Crippen LogP contribution < -0.4 is 5.32 Å². The number of nitrogens with zero attached hydrogens (tertiary/aromatic N) is 1. The Kier molecular flexibility index (Phi) is 3.59.